The van der Waals surface area contributed by atoms with Gasteiger partial charge in [-0.1, -0.05) is 46.3 Å². The normalized spacial score (nSPS) is 15.0. The first-order valence-electron chi connectivity index (χ1n) is 14.7. The summed E-state index contributed by atoms with van der Waals surface area (Å²) >= 11 is 2.94. The van der Waals surface area contributed by atoms with Gasteiger partial charge in [-0.05, 0) is 37.1 Å². The molecule has 6 aromatic rings. The molecule has 0 saturated heterocycles. The second-order valence-electron chi connectivity index (χ2n) is 11.6. The van der Waals surface area contributed by atoms with E-state index in [0.717, 1.165) is 17.2 Å². The fraction of sp³-hybridized carbons (Fsp3) is 0.250. The number of nitrogens with zero attached hydrogens (tertiary/aromatic N) is 9. The number of carbonyl (C=O) groups excluding carboxylic acids is 1. The quantitative estimate of drug-likeness (QED) is 0.251. The molecule has 4 aromatic heterocycles. The van der Waals surface area contributed by atoms with Crippen LogP contribution in [0.15, 0.2) is 76.4 Å². The molecular weight excluding hydrogens is 679 g/mol. The third-order valence-corrected chi connectivity index (χ3v) is 9.19. The maximum atomic E-state index is 14.5. The Bertz CT molecular complexity index is 2230. The Morgan fingerprint density at radius 3 is 2.55 bits per heavy atom. The van der Waals surface area contributed by atoms with Gasteiger partial charge in [-0.15, -0.1) is 10.2 Å². The van der Waals surface area contributed by atoms with Crippen molar-refractivity contribution >= 4 is 27.5 Å². The van der Waals surface area contributed by atoms with Crippen molar-refractivity contribution in [2.75, 3.05) is 0 Å². The highest BCUT2D eigenvalue weighted by molar-refractivity contribution is 9.10. The summed E-state index contributed by atoms with van der Waals surface area (Å²) in [5.41, 5.74) is 2.46. The number of alkyl halides is 3. The molecule has 0 aliphatic carbocycles. The minimum atomic E-state index is -4.64. The molecule has 15 heteroatoms. The zero-order valence-electron chi connectivity index (χ0n) is 25.4. The number of carbonyl (C=O) groups is 1. The molecule has 2 aromatic carbocycles. The first-order chi connectivity index (χ1) is 22.4. The Morgan fingerprint density at radius 2 is 1.85 bits per heavy atom. The van der Waals surface area contributed by atoms with Gasteiger partial charge in [0.1, 0.15) is 17.7 Å². The molecule has 1 aliphatic rings. The van der Waals surface area contributed by atoms with Crippen LogP contribution in [0.25, 0.3) is 23.0 Å². The van der Waals surface area contributed by atoms with Crippen LogP contribution in [0.1, 0.15) is 45.2 Å². The molecule has 47 heavy (non-hydrogen) atoms. The summed E-state index contributed by atoms with van der Waals surface area (Å²) in [4.78, 5) is 29.7. The average Bonchev–Trinajstić information content (AvgIpc) is 3.75. The van der Waals surface area contributed by atoms with Gasteiger partial charge >= 0.3 is 6.18 Å². The minimum Gasteiger partial charge on any atom is -0.330 e. The lowest BCUT2D eigenvalue weighted by Crippen LogP contribution is -2.46. The molecule has 7 rings (SSSR count). The maximum Gasteiger partial charge on any atom is 0.417 e. The molecule has 0 radical (unpaired) electrons. The predicted octanol–water partition coefficient (Wildman–Crippen LogP) is 4.97. The number of amides is 1. The number of hydrogen-bond donors (Lipinski definition) is 0. The van der Waals surface area contributed by atoms with Crippen molar-refractivity contribution in [1.29, 1.82) is 0 Å². The van der Waals surface area contributed by atoms with E-state index in [1.807, 2.05) is 37.4 Å². The Kier molecular flexibility index (Phi) is 7.38. The second-order valence-corrected chi connectivity index (χ2v) is 12.4. The number of aromatic nitrogens is 8. The van der Waals surface area contributed by atoms with Crippen LogP contribution in [0.2, 0.25) is 0 Å². The van der Waals surface area contributed by atoms with Gasteiger partial charge in [0.05, 0.1) is 24.0 Å². The van der Waals surface area contributed by atoms with Crippen molar-refractivity contribution in [2.24, 2.45) is 14.1 Å². The van der Waals surface area contributed by atoms with Crippen molar-refractivity contribution in [3.8, 4) is 17.3 Å². The van der Waals surface area contributed by atoms with Gasteiger partial charge in [-0.3, -0.25) is 14.3 Å². The maximum absolute atomic E-state index is 14.5. The zero-order valence-corrected chi connectivity index (χ0v) is 27.0. The molecule has 0 bridgehead atoms. The van der Waals surface area contributed by atoms with Gasteiger partial charge in [0, 0.05) is 53.8 Å². The summed E-state index contributed by atoms with van der Waals surface area (Å²) in [6.45, 7) is 1.74. The summed E-state index contributed by atoms with van der Waals surface area (Å²) in [6, 6.07) is 14.4. The smallest absolute Gasteiger partial charge is 0.330 e. The van der Waals surface area contributed by atoms with Crippen LogP contribution in [-0.2, 0) is 39.7 Å². The van der Waals surface area contributed by atoms with Gasteiger partial charge in [0.15, 0.2) is 11.6 Å². The minimum absolute atomic E-state index is 0.0296. The van der Waals surface area contributed by atoms with E-state index in [1.165, 1.54) is 17.0 Å². The number of hydrogen-bond acceptors (Lipinski definition) is 6. The Hall–Kier alpha value is -5.05. The molecule has 0 N–H and O–H groups in total. The molecule has 1 unspecified atom stereocenters. The first kappa shape index (κ1) is 30.6. The molecule has 11 nitrogen and oxygen atoms in total. The fourth-order valence-electron chi connectivity index (χ4n) is 6.14. The number of rotatable bonds is 5. The van der Waals surface area contributed by atoms with Crippen molar-refractivity contribution in [1.82, 2.24) is 43.6 Å². The highest BCUT2D eigenvalue weighted by atomic mass is 79.9. The van der Waals surface area contributed by atoms with Crippen molar-refractivity contribution < 1.29 is 18.0 Å². The summed E-state index contributed by atoms with van der Waals surface area (Å²) in [6.07, 6.45) is -0.750. The lowest BCUT2D eigenvalue weighted by atomic mass is 9.98. The Morgan fingerprint density at radius 1 is 1.09 bits per heavy atom. The average molecular weight is 707 g/mol. The largest absolute Gasteiger partial charge is 0.417 e. The predicted molar refractivity (Wildman–Crippen MR) is 169 cm³/mol. The highest BCUT2D eigenvalue weighted by Crippen LogP contribution is 2.36. The van der Waals surface area contributed by atoms with E-state index < -0.39 is 23.7 Å². The van der Waals surface area contributed by atoms with Crippen molar-refractivity contribution in [3.05, 3.63) is 115 Å². The fourth-order valence-corrected chi connectivity index (χ4v) is 6.61. The summed E-state index contributed by atoms with van der Waals surface area (Å²) in [5, 5.41) is 17.6. The van der Waals surface area contributed by atoms with Gasteiger partial charge in [0.25, 0.3) is 11.5 Å². The van der Waals surface area contributed by atoms with Gasteiger partial charge < -0.3 is 9.47 Å². The van der Waals surface area contributed by atoms with E-state index in [0.29, 0.717) is 40.7 Å². The number of fused-ring (bicyclic) bond motifs is 3. The van der Waals surface area contributed by atoms with Gasteiger partial charge in [0.2, 0.25) is 0 Å². The lowest BCUT2D eigenvalue weighted by molar-refractivity contribution is -0.138. The Labute approximate surface area is 274 Å². The summed E-state index contributed by atoms with van der Waals surface area (Å²) < 4.78 is 47.4. The van der Waals surface area contributed by atoms with E-state index in [2.05, 4.69) is 26.1 Å². The topological polar surface area (TPSA) is 108 Å². The molecular formula is C32H27BrF3N9O2. The molecule has 5 heterocycles. The van der Waals surface area contributed by atoms with Gasteiger partial charge in [-0.25, -0.2) is 9.08 Å². The molecule has 0 spiro atoms. The molecule has 0 saturated carbocycles. The van der Waals surface area contributed by atoms with E-state index in [9.17, 15) is 22.8 Å². The van der Waals surface area contributed by atoms with Gasteiger partial charge in [-0.2, -0.15) is 23.4 Å². The SMILES string of the molecule is CC1Cc2c(n3ncc(Cc4ccccc4)c3n(-c3cc(-c4nncn4C)n(C)n3)c2=O)CN1C(=O)c1ccc(Br)c(C(F)(F)F)c1. The third kappa shape index (κ3) is 5.23. The number of aryl methyl sites for hydroxylation is 2. The van der Waals surface area contributed by atoms with Crippen molar-refractivity contribution in [2.45, 2.75) is 38.5 Å². The van der Waals surface area contributed by atoms with E-state index in [4.69, 9.17) is 10.2 Å². The number of halogens is 4. The molecule has 240 valence electrons. The van der Waals surface area contributed by atoms with E-state index >= 15 is 0 Å². The van der Waals surface area contributed by atoms with Crippen molar-refractivity contribution in [3.63, 3.8) is 0 Å². The second kappa shape index (κ2) is 11.3. The van der Waals surface area contributed by atoms with Crippen LogP contribution in [0.3, 0.4) is 0 Å². The molecule has 1 amide bonds. The number of benzene rings is 2. The third-order valence-electron chi connectivity index (χ3n) is 8.50. The molecule has 0 fully saturated rings. The Balaban J connectivity index is 1.38. The monoisotopic (exact) mass is 705 g/mol. The van der Waals surface area contributed by atoms with Crippen LogP contribution in [0.5, 0.6) is 0 Å². The molecule has 1 aliphatic heterocycles. The summed E-state index contributed by atoms with van der Waals surface area (Å²) in [7, 11) is 3.57. The van der Waals surface area contributed by atoms with Crippen LogP contribution >= 0.6 is 15.9 Å². The standard InChI is InChI=1S/C32H27BrF3N9O2/c1-18-11-22-26(16-43(18)30(46)20-9-10-24(33)23(13-20)32(34,35)36)45-29(21(15-38-45)12-19-7-5-4-6-8-19)44(31(22)47)27-14-25(42(3)40-27)28-39-37-17-41(28)2/h4-10,13-15,17-18H,11-12,16H2,1-3H3. The van der Waals surface area contributed by atoms with Crippen LogP contribution in [-0.4, -0.2) is 55.6 Å². The first-order valence-corrected chi connectivity index (χ1v) is 15.5. The zero-order chi connectivity index (χ0) is 33.2. The highest BCUT2D eigenvalue weighted by Gasteiger charge is 2.37. The van der Waals surface area contributed by atoms with Crippen LogP contribution in [0.4, 0.5) is 13.2 Å². The van der Waals surface area contributed by atoms with E-state index in [1.54, 1.807) is 50.9 Å². The lowest BCUT2D eigenvalue weighted by Gasteiger charge is -2.35. The van der Waals surface area contributed by atoms with E-state index in [-0.39, 0.29) is 28.6 Å². The van der Waals surface area contributed by atoms with Crippen LogP contribution in [0, 0.1) is 0 Å². The molecule has 1 atom stereocenters. The van der Waals surface area contributed by atoms with Crippen LogP contribution < -0.4 is 5.56 Å². The summed E-state index contributed by atoms with van der Waals surface area (Å²) in [5.74, 6) is 0.350.